The second-order valence-electron chi connectivity index (χ2n) is 4.96. The Morgan fingerprint density at radius 2 is 1.77 bits per heavy atom. The van der Waals surface area contributed by atoms with Gasteiger partial charge < -0.3 is 9.67 Å². The molecule has 3 nitrogen and oxygen atoms in total. The molecule has 2 aromatic carbocycles. The van der Waals surface area contributed by atoms with Gasteiger partial charge in [0.25, 0.3) is 0 Å². The molecule has 3 rings (SSSR count). The first-order valence-electron chi connectivity index (χ1n) is 6.88. The van der Waals surface area contributed by atoms with Crippen molar-refractivity contribution in [3.8, 4) is 0 Å². The van der Waals surface area contributed by atoms with Gasteiger partial charge in [-0.25, -0.2) is 4.79 Å². The average Bonchev–Trinajstić information content (AvgIpc) is 2.79. The highest BCUT2D eigenvalue weighted by Gasteiger charge is 2.13. The van der Waals surface area contributed by atoms with Gasteiger partial charge >= 0.3 is 5.97 Å². The SMILES string of the molecule is O=C(O)/C=C/c1c(Cl)n(Cc2ccccc2)c2ccccc12. The van der Waals surface area contributed by atoms with Crippen LogP contribution in [0.5, 0.6) is 0 Å². The number of benzene rings is 2. The maximum Gasteiger partial charge on any atom is 0.328 e. The van der Waals surface area contributed by atoms with E-state index < -0.39 is 5.97 Å². The van der Waals surface area contributed by atoms with Crippen LogP contribution in [-0.4, -0.2) is 15.6 Å². The first-order valence-corrected chi connectivity index (χ1v) is 7.26. The number of aromatic nitrogens is 1. The molecule has 0 amide bonds. The van der Waals surface area contributed by atoms with Gasteiger partial charge in [-0.3, -0.25) is 0 Å². The molecule has 0 atom stereocenters. The van der Waals surface area contributed by atoms with E-state index in [1.165, 1.54) is 0 Å². The first-order chi connectivity index (χ1) is 10.7. The summed E-state index contributed by atoms with van der Waals surface area (Å²) < 4.78 is 1.99. The lowest BCUT2D eigenvalue weighted by molar-refractivity contribution is -0.131. The molecule has 0 saturated carbocycles. The predicted molar refractivity (Wildman–Crippen MR) is 89.2 cm³/mol. The molecule has 0 aliphatic carbocycles. The molecule has 0 bridgehead atoms. The molecular formula is C18H14ClNO2. The minimum absolute atomic E-state index is 0.544. The van der Waals surface area contributed by atoms with Gasteiger partial charge in [0.05, 0.1) is 5.52 Å². The molecule has 1 N–H and O–H groups in total. The van der Waals surface area contributed by atoms with E-state index in [4.69, 9.17) is 16.7 Å². The monoisotopic (exact) mass is 311 g/mol. The number of nitrogens with zero attached hydrogens (tertiary/aromatic N) is 1. The Morgan fingerprint density at radius 1 is 1.09 bits per heavy atom. The van der Waals surface area contributed by atoms with Crippen LogP contribution in [0.1, 0.15) is 11.1 Å². The number of fused-ring (bicyclic) bond motifs is 1. The summed E-state index contributed by atoms with van der Waals surface area (Å²) >= 11 is 6.50. The van der Waals surface area contributed by atoms with Gasteiger partial charge in [-0.2, -0.15) is 0 Å². The molecule has 0 fully saturated rings. The molecule has 0 unspecified atom stereocenters. The average molecular weight is 312 g/mol. The lowest BCUT2D eigenvalue weighted by atomic mass is 10.1. The van der Waals surface area contributed by atoms with E-state index in [9.17, 15) is 4.79 Å². The molecule has 4 heteroatoms. The third-order valence-corrected chi connectivity index (χ3v) is 3.93. The van der Waals surface area contributed by atoms with Crippen molar-refractivity contribution in [3.63, 3.8) is 0 Å². The summed E-state index contributed by atoms with van der Waals surface area (Å²) in [6.07, 6.45) is 2.66. The zero-order valence-corrected chi connectivity index (χ0v) is 12.5. The van der Waals surface area contributed by atoms with Gasteiger partial charge in [-0.1, -0.05) is 60.1 Å². The van der Waals surface area contributed by atoms with Crippen LogP contribution in [0.2, 0.25) is 5.15 Å². The number of carboxylic acid groups (broad SMARTS) is 1. The first kappa shape index (κ1) is 14.4. The predicted octanol–water partition coefficient (Wildman–Crippen LogP) is 4.44. The van der Waals surface area contributed by atoms with Crippen LogP contribution in [0.4, 0.5) is 0 Å². The molecule has 110 valence electrons. The fraction of sp³-hybridized carbons (Fsp3) is 0.0556. The summed E-state index contributed by atoms with van der Waals surface area (Å²) in [5, 5.41) is 10.3. The van der Waals surface area contributed by atoms with Crippen molar-refractivity contribution >= 4 is 34.5 Å². The Labute approximate surface area is 133 Å². The minimum atomic E-state index is -0.990. The topological polar surface area (TPSA) is 42.2 Å². The van der Waals surface area contributed by atoms with E-state index in [1.54, 1.807) is 6.08 Å². The fourth-order valence-corrected chi connectivity index (χ4v) is 2.85. The second kappa shape index (κ2) is 6.08. The van der Waals surface area contributed by atoms with Crippen LogP contribution in [0, 0.1) is 0 Å². The Morgan fingerprint density at radius 3 is 2.50 bits per heavy atom. The van der Waals surface area contributed by atoms with E-state index in [0.717, 1.165) is 28.1 Å². The lowest BCUT2D eigenvalue weighted by Crippen LogP contribution is -1.99. The Bertz CT molecular complexity index is 850. The standard InChI is InChI=1S/C18H14ClNO2/c19-18-15(10-11-17(21)22)14-8-4-5-9-16(14)20(18)12-13-6-2-1-3-7-13/h1-11H,12H2,(H,21,22)/b11-10+. The molecule has 22 heavy (non-hydrogen) atoms. The van der Waals surface area contributed by atoms with Gasteiger partial charge in [-0.15, -0.1) is 0 Å². The van der Waals surface area contributed by atoms with Crippen LogP contribution < -0.4 is 0 Å². The van der Waals surface area contributed by atoms with E-state index in [0.29, 0.717) is 11.7 Å². The number of carbonyl (C=O) groups is 1. The van der Waals surface area contributed by atoms with Crippen molar-refractivity contribution in [1.29, 1.82) is 0 Å². The second-order valence-corrected chi connectivity index (χ2v) is 5.32. The van der Waals surface area contributed by atoms with Gasteiger partial charge in [0.1, 0.15) is 5.15 Å². The number of aliphatic carboxylic acids is 1. The van der Waals surface area contributed by atoms with E-state index >= 15 is 0 Å². The molecule has 1 heterocycles. The van der Waals surface area contributed by atoms with Crippen molar-refractivity contribution in [2.75, 3.05) is 0 Å². The van der Waals surface area contributed by atoms with Crippen molar-refractivity contribution < 1.29 is 9.90 Å². The maximum atomic E-state index is 10.8. The summed E-state index contributed by atoms with van der Waals surface area (Å²) in [6, 6.07) is 17.8. The highest BCUT2D eigenvalue weighted by Crippen LogP contribution is 2.31. The number of para-hydroxylation sites is 1. The Hall–Kier alpha value is -2.52. The third-order valence-electron chi connectivity index (χ3n) is 3.52. The summed E-state index contributed by atoms with van der Waals surface area (Å²) in [5.41, 5.74) is 2.86. The van der Waals surface area contributed by atoms with Crippen LogP contribution in [-0.2, 0) is 11.3 Å². The van der Waals surface area contributed by atoms with Crippen molar-refractivity contribution in [2.45, 2.75) is 6.54 Å². The number of halogens is 1. The number of hydrogen-bond donors (Lipinski definition) is 1. The van der Waals surface area contributed by atoms with E-state index in [1.807, 2.05) is 59.2 Å². The largest absolute Gasteiger partial charge is 0.478 e. The molecule has 0 aliphatic rings. The lowest BCUT2D eigenvalue weighted by Gasteiger charge is -2.07. The molecule has 3 aromatic rings. The fourth-order valence-electron chi connectivity index (χ4n) is 2.53. The highest BCUT2D eigenvalue weighted by molar-refractivity contribution is 6.33. The van der Waals surface area contributed by atoms with Crippen LogP contribution in [0.3, 0.4) is 0 Å². The molecule has 1 aromatic heterocycles. The van der Waals surface area contributed by atoms with Crippen LogP contribution in [0.15, 0.2) is 60.7 Å². The number of hydrogen-bond acceptors (Lipinski definition) is 1. The molecule has 0 radical (unpaired) electrons. The van der Waals surface area contributed by atoms with Crippen LogP contribution >= 0.6 is 11.6 Å². The molecule has 0 spiro atoms. The smallest absolute Gasteiger partial charge is 0.328 e. The summed E-state index contributed by atoms with van der Waals surface area (Å²) in [6.45, 7) is 0.640. The number of rotatable bonds is 4. The van der Waals surface area contributed by atoms with E-state index in [2.05, 4.69) is 0 Å². The molecular weight excluding hydrogens is 298 g/mol. The summed E-state index contributed by atoms with van der Waals surface area (Å²) in [4.78, 5) is 10.8. The molecule has 0 aliphatic heterocycles. The minimum Gasteiger partial charge on any atom is -0.478 e. The normalized spacial score (nSPS) is 11.3. The Balaban J connectivity index is 2.14. The summed E-state index contributed by atoms with van der Waals surface area (Å²) in [7, 11) is 0. The van der Waals surface area contributed by atoms with Crippen molar-refractivity contribution in [2.24, 2.45) is 0 Å². The Kier molecular flexibility index (Phi) is 3.98. The van der Waals surface area contributed by atoms with Gasteiger partial charge in [-0.05, 0) is 17.7 Å². The quantitative estimate of drug-likeness (QED) is 0.724. The van der Waals surface area contributed by atoms with E-state index in [-0.39, 0.29) is 0 Å². The van der Waals surface area contributed by atoms with Crippen molar-refractivity contribution in [3.05, 3.63) is 77.0 Å². The highest BCUT2D eigenvalue weighted by atomic mass is 35.5. The van der Waals surface area contributed by atoms with Crippen molar-refractivity contribution in [1.82, 2.24) is 4.57 Å². The third kappa shape index (κ3) is 2.76. The van der Waals surface area contributed by atoms with Gasteiger partial charge in [0.15, 0.2) is 0 Å². The number of carboxylic acids is 1. The zero-order chi connectivity index (χ0) is 15.5. The molecule has 0 saturated heterocycles. The van der Waals surface area contributed by atoms with Crippen LogP contribution in [0.25, 0.3) is 17.0 Å². The maximum absolute atomic E-state index is 10.8. The summed E-state index contributed by atoms with van der Waals surface area (Å²) in [5.74, 6) is -0.990. The zero-order valence-electron chi connectivity index (χ0n) is 11.7. The van der Waals surface area contributed by atoms with Gasteiger partial charge in [0.2, 0.25) is 0 Å². The van der Waals surface area contributed by atoms with Gasteiger partial charge in [0, 0.05) is 23.6 Å².